The largest absolute Gasteiger partial charge is 0.495 e. The number of hydrogen-bond donors (Lipinski definition) is 0. The number of nitrogens with zero attached hydrogens (tertiary/aromatic N) is 3. The second kappa shape index (κ2) is 11.1. The predicted octanol–water partition coefficient (Wildman–Crippen LogP) is 9.11. The maximum absolute atomic E-state index is 6.29. The second-order valence-electron chi connectivity index (χ2n) is 10.8. The number of hydrogen-bond acceptors (Lipinski definition) is 3. The van der Waals surface area contributed by atoms with Crippen LogP contribution in [0.1, 0.15) is 20.8 Å². The average molecular weight is 538 g/mol. The highest BCUT2D eigenvalue weighted by Crippen LogP contribution is 2.32. The van der Waals surface area contributed by atoms with Crippen molar-refractivity contribution in [3.8, 4) is 45.4 Å². The van der Waals surface area contributed by atoms with E-state index in [-0.39, 0.29) is 5.54 Å². The minimum absolute atomic E-state index is 0.0378. The number of rotatable bonds is 7. The van der Waals surface area contributed by atoms with Gasteiger partial charge < -0.3 is 9.47 Å². The fraction of sp³-hybridized carbons (Fsp3) is 0.111. The van der Waals surface area contributed by atoms with Crippen molar-refractivity contribution in [2.75, 3.05) is 0 Å². The van der Waals surface area contributed by atoms with Gasteiger partial charge in [0.25, 0.3) is 6.20 Å². The van der Waals surface area contributed by atoms with Gasteiger partial charge in [0.2, 0.25) is 11.9 Å². The van der Waals surface area contributed by atoms with Crippen molar-refractivity contribution >= 4 is 11.7 Å². The van der Waals surface area contributed by atoms with E-state index in [1.165, 1.54) is 0 Å². The highest BCUT2D eigenvalue weighted by Gasteiger charge is 2.30. The summed E-state index contributed by atoms with van der Waals surface area (Å²) < 4.78 is 16.4. The zero-order valence-electron chi connectivity index (χ0n) is 23.4. The third-order valence-corrected chi connectivity index (χ3v) is 6.67. The van der Waals surface area contributed by atoms with E-state index in [1.807, 2.05) is 126 Å². The summed E-state index contributed by atoms with van der Waals surface area (Å²) in [6, 6.07) is 41.4. The topological polar surface area (TPSA) is 37.4 Å². The molecule has 0 N–H and O–H groups in total. The van der Waals surface area contributed by atoms with E-state index in [2.05, 4.69) is 48.5 Å². The standard InChI is InChI=1S/C36H31N3O2/c1-36(2,3)39-21-20-38(26-39)30-12-9-17-34(25-30)41-33-16-8-11-29(23-33)35-24-28(18-19-37-35)27-10-7-15-32(22-27)40-31-13-5-4-6-14-31/h4-25H,1-3H3/q+2. The molecule has 0 saturated carbocycles. The SMILES string of the molecule is CC(C)(C)[N+]1=C=[N+](c2cccc(Oc3cccc(-c4cc(-c5cccc(Oc6ccccc6)c5)ccn4)c3)c2)C=C1. The van der Waals surface area contributed by atoms with Crippen molar-refractivity contribution in [1.82, 2.24) is 4.98 Å². The first-order valence-corrected chi connectivity index (χ1v) is 13.6. The highest BCUT2D eigenvalue weighted by atomic mass is 16.5. The molecule has 0 saturated heterocycles. The van der Waals surface area contributed by atoms with Crippen LogP contribution in [0, 0.1) is 0 Å². The summed E-state index contributed by atoms with van der Waals surface area (Å²) in [4.78, 5) is 4.65. The van der Waals surface area contributed by atoms with Crippen LogP contribution in [0.25, 0.3) is 22.4 Å². The summed E-state index contributed by atoms with van der Waals surface area (Å²) in [6.07, 6.45) is 5.88. The van der Waals surface area contributed by atoms with Crippen LogP contribution < -0.4 is 9.47 Å². The number of benzene rings is 4. The van der Waals surface area contributed by atoms with Crippen LogP contribution in [-0.2, 0) is 0 Å². The van der Waals surface area contributed by atoms with Gasteiger partial charge in [0.05, 0.1) is 11.8 Å². The normalized spacial score (nSPS) is 12.6. The van der Waals surface area contributed by atoms with Gasteiger partial charge in [0.1, 0.15) is 23.0 Å². The van der Waals surface area contributed by atoms with E-state index in [1.54, 1.807) is 0 Å². The van der Waals surface area contributed by atoms with E-state index in [0.717, 1.165) is 51.1 Å². The molecule has 0 amide bonds. The molecule has 4 aromatic carbocycles. The molecule has 5 aromatic rings. The van der Waals surface area contributed by atoms with Crippen LogP contribution in [0.4, 0.5) is 5.69 Å². The lowest BCUT2D eigenvalue weighted by atomic mass is 10.0. The van der Waals surface area contributed by atoms with Gasteiger partial charge in [-0.05, 0) is 65.7 Å². The Morgan fingerprint density at radius 1 is 0.585 bits per heavy atom. The minimum atomic E-state index is -0.0378. The first-order chi connectivity index (χ1) is 19.9. The monoisotopic (exact) mass is 537 g/mol. The smallest absolute Gasteiger partial charge is 0.457 e. The van der Waals surface area contributed by atoms with Crippen LogP contribution in [-0.4, -0.2) is 25.7 Å². The number of pyridine rings is 1. The predicted molar refractivity (Wildman–Crippen MR) is 162 cm³/mol. The molecule has 0 unspecified atom stereocenters. The maximum Gasteiger partial charge on any atom is 0.495 e. The van der Waals surface area contributed by atoms with Gasteiger partial charge >= 0.3 is 6.01 Å². The summed E-state index contributed by atoms with van der Waals surface area (Å²) >= 11 is 0. The summed E-state index contributed by atoms with van der Waals surface area (Å²) in [5.74, 6) is 3.09. The molecular weight excluding hydrogens is 506 g/mol. The van der Waals surface area contributed by atoms with Crippen molar-refractivity contribution in [3.05, 3.63) is 134 Å². The molecule has 200 valence electrons. The van der Waals surface area contributed by atoms with Crippen molar-refractivity contribution in [2.24, 2.45) is 0 Å². The Bertz CT molecular complexity index is 1810. The Morgan fingerprint density at radius 3 is 1.93 bits per heavy atom. The fourth-order valence-corrected chi connectivity index (χ4v) is 4.52. The molecule has 5 nitrogen and oxygen atoms in total. The van der Waals surface area contributed by atoms with Crippen molar-refractivity contribution in [1.29, 1.82) is 0 Å². The van der Waals surface area contributed by atoms with Crippen molar-refractivity contribution < 1.29 is 18.6 Å². The first-order valence-electron chi connectivity index (χ1n) is 13.6. The number of ether oxygens (including phenoxy) is 2. The fourth-order valence-electron chi connectivity index (χ4n) is 4.52. The molecule has 2 heterocycles. The Hall–Kier alpha value is -5.25. The average Bonchev–Trinajstić information content (AvgIpc) is 3.50. The van der Waals surface area contributed by atoms with Crippen LogP contribution in [0.2, 0.25) is 0 Å². The second-order valence-corrected chi connectivity index (χ2v) is 10.8. The van der Waals surface area contributed by atoms with Gasteiger partial charge in [-0.3, -0.25) is 4.98 Å². The molecule has 1 aliphatic rings. The molecule has 41 heavy (non-hydrogen) atoms. The van der Waals surface area contributed by atoms with Crippen molar-refractivity contribution in [3.63, 3.8) is 0 Å². The molecule has 6 rings (SSSR count). The van der Waals surface area contributed by atoms with Gasteiger partial charge in [-0.2, -0.15) is 0 Å². The zero-order valence-corrected chi connectivity index (χ0v) is 23.4. The molecule has 0 fully saturated rings. The van der Waals surface area contributed by atoms with Gasteiger partial charge in [-0.15, -0.1) is 0 Å². The Morgan fingerprint density at radius 2 is 1.20 bits per heavy atom. The minimum Gasteiger partial charge on any atom is -0.457 e. The summed E-state index contributed by atoms with van der Waals surface area (Å²) in [5, 5.41) is 0. The lowest BCUT2D eigenvalue weighted by Crippen LogP contribution is -2.27. The Labute approximate surface area is 240 Å². The zero-order chi connectivity index (χ0) is 28.2. The maximum atomic E-state index is 6.29. The number of para-hydroxylation sites is 1. The molecule has 0 bridgehead atoms. The Kier molecular flexibility index (Phi) is 7.03. The lowest BCUT2D eigenvalue weighted by molar-refractivity contribution is -0.533. The quantitative estimate of drug-likeness (QED) is 0.194. The molecule has 1 aliphatic heterocycles. The molecule has 1 aromatic heterocycles. The molecule has 5 heteroatoms. The van der Waals surface area contributed by atoms with E-state index in [0.29, 0.717) is 0 Å². The van der Waals surface area contributed by atoms with Gasteiger partial charge in [-0.1, -0.05) is 57.7 Å². The third-order valence-electron chi connectivity index (χ3n) is 6.67. The van der Waals surface area contributed by atoms with E-state index in [9.17, 15) is 0 Å². The van der Waals surface area contributed by atoms with E-state index in [4.69, 9.17) is 9.47 Å². The molecule has 0 atom stereocenters. The lowest BCUT2D eigenvalue weighted by Gasteiger charge is -2.10. The van der Waals surface area contributed by atoms with Gasteiger partial charge in [-0.25, -0.2) is 0 Å². The molecular formula is C36H31N3O2+2. The van der Waals surface area contributed by atoms with Crippen LogP contribution in [0.5, 0.6) is 23.0 Å². The molecule has 0 radical (unpaired) electrons. The van der Waals surface area contributed by atoms with Crippen molar-refractivity contribution in [2.45, 2.75) is 26.3 Å². The highest BCUT2D eigenvalue weighted by molar-refractivity contribution is 5.72. The summed E-state index contributed by atoms with van der Waals surface area (Å²) in [5.41, 5.74) is 4.90. The van der Waals surface area contributed by atoms with Gasteiger partial charge in [0.15, 0.2) is 5.54 Å². The summed E-state index contributed by atoms with van der Waals surface area (Å²) in [7, 11) is 0. The molecule has 0 aliphatic carbocycles. The summed E-state index contributed by atoms with van der Waals surface area (Å²) in [6.45, 7) is 6.47. The Balaban J connectivity index is 1.23. The number of aromatic nitrogens is 1. The van der Waals surface area contributed by atoms with E-state index >= 15 is 0 Å². The van der Waals surface area contributed by atoms with E-state index < -0.39 is 0 Å². The van der Waals surface area contributed by atoms with Crippen LogP contribution >= 0.6 is 0 Å². The third kappa shape index (κ3) is 6.17. The van der Waals surface area contributed by atoms with Gasteiger partial charge in [0, 0.05) is 38.6 Å². The first kappa shape index (κ1) is 26.0. The van der Waals surface area contributed by atoms with Crippen LogP contribution in [0.3, 0.4) is 0 Å². The van der Waals surface area contributed by atoms with Crippen LogP contribution in [0.15, 0.2) is 134 Å². The molecule has 0 spiro atoms.